The zero-order valence-corrected chi connectivity index (χ0v) is 10.4. The van der Waals surface area contributed by atoms with Crippen LogP contribution in [0.4, 0.5) is 0 Å². The zero-order valence-electron chi connectivity index (χ0n) is 8.85. The summed E-state index contributed by atoms with van der Waals surface area (Å²) >= 11 is 11.9. The predicted molar refractivity (Wildman–Crippen MR) is 59.5 cm³/mol. The van der Waals surface area contributed by atoms with E-state index in [2.05, 4.69) is 0 Å². The van der Waals surface area contributed by atoms with E-state index in [0.717, 1.165) is 0 Å². The van der Waals surface area contributed by atoms with Crippen LogP contribution in [0.5, 0.6) is 0 Å². The van der Waals surface area contributed by atoms with E-state index in [1.54, 1.807) is 12.2 Å². The van der Waals surface area contributed by atoms with Crippen LogP contribution in [0.2, 0.25) is 0 Å². The minimum Gasteiger partial charge on any atom is -0.457 e. The van der Waals surface area contributed by atoms with Gasteiger partial charge in [0.05, 0.1) is 10.8 Å². The molecule has 0 aromatic heterocycles. The lowest BCUT2D eigenvalue weighted by Crippen LogP contribution is -2.45. The van der Waals surface area contributed by atoms with Crippen molar-refractivity contribution in [3.05, 3.63) is 12.2 Å². The van der Waals surface area contributed by atoms with Crippen LogP contribution >= 0.6 is 23.2 Å². The van der Waals surface area contributed by atoms with Gasteiger partial charge in [0.1, 0.15) is 0 Å². The molecule has 0 radical (unpaired) electrons. The number of carbonyl (C=O) groups excluding carboxylic acids is 2. The standard InChI is InChI=1S/C10H12Cl2O4/c1-5(13)15-8-4-3-7(11)9(12)10(8)16-6(2)14/h3-4,7-10H,1-2H3/t7-,8+,9+,10-/m1/s1. The lowest BCUT2D eigenvalue weighted by molar-refractivity contribution is -0.162. The van der Waals surface area contributed by atoms with Crippen molar-refractivity contribution in [3.63, 3.8) is 0 Å². The van der Waals surface area contributed by atoms with Crippen molar-refractivity contribution < 1.29 is 19.1 Å². The van der Waals surface area contributed by atoms with Gasteiger partial charge in [-0.1, -0.05) is 6.08 Å². The van der Waals surface area contributed by atoms with Gasteiger partial charge in [0.25, 0.3) is 0 Å². The van der Waals surface area contributed by atoms with Gasteiger partial charge >= 0.3 is 11.9 Å². The van der Waals surface area contributed by atoms with Crippen molar-refractivity contribution in [2.45, 2.75) is 36.8 Å². The average molecular weight is 267 g/mol. The maximum Gasteiger partial charge on any atom is 0.303 e. The second-order valence-corrected chi connectivity index (χ2v) is 4.43. The summed E-state index contributed by atoms with van der Waals surface area (Å²) in [6, 6.07) is 0. The predicted octanol–water partition coefficient (Wildman–Crippen LogP) is 1.63. The number of carbonyl (C=O) groups is 2. The molecular weight excluding hydrogens is 255 g/mol. The molecule has 6 heteroatoms. The monoisotopic (exact) mass is 266 g/mol. The topological polar surface area (TPSA) is 52.6 Å². The quantitative estimate of drug-likeness (QED) is 0.433. The number of alkyl halides is 2. The Labute approximate surface area is 103 Å². The number of esters is 2. The Hall–Kier alpha value is -0.740. The molecule has 1 aliphatic rings. The van der Waals surface area contributed by atoms with E-state index in [-0.39, 0.29) is 0 Å². The third-order valence-corrected chi connectivity index (χ3v) is 3.10. The Morgan fingerprint density at radius 2 is 1.62 bits per heavy atom. The van der Waals surface area contributed by atoms with E-state index >= 15 is 0 Å². The molecule has 4 atom stereocenters. The summed E-state index contributed by atoms with van der Waals surface area (Å²) in [6.07, 6.45) is 1.76. The van der Waals surface area contributed by atoms with Crippen LogP contribution in [0.15, 0.2) is 12.2 Å². The van der Waals surface area contributed by atoms with Crippen LogP contribution in [0.3, 0.4) is 0 Å². The van der Waals surface area contributed by atoms with E-state index in [1.165, 1.54) is 13.8 Å². The lowest BCUT2D eigenvalue weighted by Gasteiger charge is -2.32. The number of hydrogen-bond acceptors (Lipinski definition) is 4. The van der Waals surface area contributed by atoms with E-state index in [9.17, 15) is 9.59 Å². The number of rotatable bonds is 2. The van der Waals surface area contributed by atoms with Gasteiger partial charge in [-0.15, -0.1) is 23.2 Å². The first-order chi connectivity index (χ1) is 7.41. The first kappa shape index (κ1) is 13.3. The van der Waals surface area contributed by atoms with Gasteiger partial charge in [-0.2, -0.15) is 0 Å². The minimum atomic E-state index is -0.754. The van der Waals surface area contributed by atoms with Crippen LogP contribution in [-0.4, -0.2) is 34.9 Å². The Kier molecular flexibility index (Phi) is 4.62. The molecule has 16 heavy (non-hydrogen) atoms. The Morgan fingerprint density at radius 1 is 1.06 bits per heavy atom. The van der Waals surface area contributed by atoms with Crippen LogP contribution in [0, 0.1) is 0 Å². The molecule has 0 amide bonds. The smallest absolute Gasteiger partial charge is 0.303 e. The Balaban J connectivity index is 2.81. The van der Waals surface area contributed by atoms with Crippen LogP contribution in [0.1, 0.15) is 13.8 Å². The molecule has 90 valence electrons. The van der Waals surface area contributed by atoms with E-state index < -0.39 is 34.9 Å². The summed E-state index contributed by atoms with van der Waals surface area (Å²) in [6.45, 7) is 2.53. The molecular formula is C10H12Cl2O4. The molecule has 0 heterocycles. The second-order valence-electron chi connectivity index (χ2n) is 3.42. The van der Waals surface area contributed by atoms with E-state index in [4.69, 9.17) is 32.7 Å². The fraction of sp³-hybridized carbons (Fsp3) is 0.600. The van der Waals surface area contributed by atoms with E-state index in [1.807, 2.05) is 0 Å². The maximum atomic E-state index is 10.9. The first-order valence-electron chi connectivity index (χ1n) is 4.72. The van der Waals surface area contributed by atoms with Crippen LogP contribution in [-0.2, 0) is 19.1 Å². The van der Waals surface area contributed by atoms with Crippen LogP contribution < -0.4 is 0 Å². The van der Waals surface area contributed by atoms with Gasteiger partial charge < -0.3 is 9.47 Å². The number of ether oxygens (including phenoxy) is 2. The molecule has 4 nitrogen and oxygen atoms in total. The third kappa shape index (κ3) is 3.39. The zero-order chi connectivity index (χ0) is 12.3. The summed E-state index contributed by atoms with van der Waals surface area (Å²) in [5.74, 6) is -0.962. The van der Waals surface area contributed by atoms with E-state index in [0.29, 0.717) is 0 Å². The van der Waals surface area contributed by atoms with Crippen molar-refractivity contribution in [2.75, 3.05) is 0 Å². The molecule has 0 saturated heterocycles. The molecule has 0 saturated carbocycles. The van der Waals surface area contributed by atoms with Gasteiger partial charge in [-0.05, 0) is 6.08 Å². The minimum absolute atomic E-state index is 0.460. The van der Waals surface area contributed by atoms with Crippen molar-refractivity contribution >= 4 is 35.1 Å². The summed E-state index contributed by atoms with van der Waals surface area (Å²) in [5.41, 5.74) is 0. The van der Waals surface area contributed by atoms with Crippen molar-refractivity contribution in [3.8, 4) is 0 Å². The highest BCUT2D eigenvalue weighted by atomic mass is 35.5. The van der Waals surface area contributed by atoms with Crippen molar-refractivity contribution in [1.29, 1.82) is 0 Å². The number of allylic oxidation sites excluding steroid dienone is 1. The highest BCUT2D eigenvalue weighted by molar-refractivity contribution is 6.31. The molecule has 0 unspecified atom stereocenters. The van der Waals surface area contributed by atoms with Crippen molar-refractivity contribution in [2.24, 2.45) is 0 Å². The fourth-order valence-corrected chi connectivity index (χ4v) is 1.92. The largest absolute Gasteiger partial charge is 0.457 e. The summed E-state index contributed by atoms with van der Waals surface area (Å²) in [7, 11) is 0. The van der Waals surface area contributed by atoms with Gasteiger partial charge in [-0.3, -0.25) is 9.59 Å². The second kappa shape index (κ2) is 5.55. The molecule has 0 N–H and O–H groups in total. The molecule has 0 aromatic carbocycles. The normalized spacial score (nSPS) is 33.2. The lowest BCUT2D eigenvalue weighted by atomic mass is 10.0. The first-order valence-corrected chi connectivity index (χ1v) is 5.60. The summed E-state index contributed by atoms with van der Waals surface area (Å²) in [5, 5.41) is -1.09. The molecule has 1 aliphatic carbocycles. The molecule has 0 aromatic rings. The molecule has 0 bridgehead atoms. The van der Waals surface area contributed by atoms with Gasteiger partial charge in [-0.25, -0.2) is 0 Å². The molecule has 0 spiro atoms. The van der Waals surface area contributed by atoms with Gasteiger partial charge in [0.2, 0.25) is 0 Å². The SMILES string of the molecule is CC(=O)O[C@H]1[C@@H](Cl)[C@H](Cl)C=C[C@@H]1OC(C)=O. The van der Waals surface area contributed by atoms with Crippen molar-refractivity contribution in [1.82, 2.24) is 0 Å². The Morgan fingerprint density at radius 3 is 2.12 bits per heavy atom. The molecule has 0 aliphatic heterocycles. The maximum absolute atomic E-state index is 10.9. The fourth-order valence-electron chi connectivity index (χ4n) is 1.42. The van der Waals surface area contributed by atoms with Gasteiger partial charge in [0.15, 0.2) is 12.2 Å². The highest BCUT2D eigenvalue weighted by Gasteiger charge is 2.38. The average Bonchev–Trinajstić information content (AvgIpc) is 2.16. The molecule has 0 fully saturated rings. The summed E-state index contributed by atoms with van der Waals surface area (Å²) in [4.78, 5) is 21.8. The highest BCUT2D eigenvalue weighted by Crippen LogP contribution is 2.27. The molecule has 1 rings (SSSR count). The van der Waals surface area contributed by atoms with Crippen LogP contribution in [0.25, 0.3) is 0 Å². The summed E-state index contributed by atoms with van der Waals surface area (Å²) < 4.78 is 9.98. The Bertz CT molecular complexity index is 316. The third-order valence-electron chi connectivity index (χ3n) is 2.03. The number of halogens is 2. The number of hydrogen-bond donors (Lipinski definition) is 0. The van der Waals surface area contributed by atoms with Gasteiger partial charge in [0, 0.05) is 13.8 Å².